The highest BCUT2D eigenvalue weighted by Crippen LogP contribution is 2.33. The summed E-state index contributed by atoms with van der Waals surface area (Å²) in [6.45, 7) is 4.53. The molecule has 1 amide bonds. The second-order valence-corrected chi connectivity index (χ2v) is 9.47. The van der Waals surface area contributed by atoms with Crippen molar-refractivity contribution in [2.24, 2.45) is 7.05 Å². The number of aromatic nitrogens is 3. The van der Waals surface area contributed by atoms with E-state index in [-0.39, 0.29) is 17.9 Å². The highest BCUT2D eigenvalue weighted by atomic mass is 32.1. The Labute approximate surface area is 201 Å². The van der Waals surface area contributed by atoms with Gasteiger partial charge < -0.3 is 0 Å². The van der Waals surface area contributed by atoms with Crippen LogP contribution < -0.4 is 10.5 Å². The molecule has 0 spiro atoms. The maximum atomic E-state index is 13.8. The zero-order chi connectivity index (χ0) is 23.8. The minimum absolute atomic E-state index is 0.0649. The van der Waals surface area contributed by atoms with E-state index in [1.54, 1.807) is 18.0 Å². The quantitative estimate of drug-likeness (QED) is 0.367. The van der Waals surface area contributed by atoms with Crippen molar-refractivity contribution in [3.63, 3.8) is 0 Å². The van der Waals surface area contributed by atoms with Crippen LogP contribution in [0.3, 0.4) is 0 Å². The standard InChI is InChI=1S/C27H24N4O2S/c1-17-13-18(2)25-23(14-17)28-27(34-25)31(16-19-9-5-4-6-10-19)24(32)15-22-20-11-7-8-12-21(20)26(33)30(3)29-22/h4-14H,15-16H2,1-3H3. The molecule has 3 aromatic carbocycles. The van der Waals surface area contributed by atoms with Crippen molar-refractivity contribution >= 4 is 43.4 Å². The van der Waals surface area contributed by atoms with Crippen LogP contribution in [0.1, 0.15) is 22.4 Å². The van der Waals surface area contributed by atoms with Crippen LogP contribution in [-0.2, 0) is 24.8 Å². The van der Waals surface area contributed by atoms with E-state index in [9.17, 15) is 9.59 Å². The minimum Gasteiger partial charge on any atom is -0.283 e. The van der Waals surface area contributed by atoms with Crippen LogP contribution in [0.4, 0.5) is 5.13 Å². The molecule has 5 rings (SSSR count). The second kappa shape index (κ2) is 8.83. The van der Waals surface area contributed by atoms with E-state index >= 15 is 0 Å². The lowest BCUT2D eigenvalue weighted by atomic mass is 10.1. The molecule has 34 heavy (non-hydrogen) atoms. The topological polar surface area (TPSA) is 68.1 Å². The molecule has 0 aliphatic carbocycles. The molecule has 0 atom stereocenters. The van der Waals surface area contributed by atoms with Gasteiger partial charge >= 0.3 is 0 Å². The predicted molar refractivity (Wildman–Crippen MR) is 137 cm³/mol. The number of amides is 1. The van der Waals surface area contributed by atoms with E-state index in [4.69, 9.17) is 4.98 Å². The molecular weight excluding hydrogens is 444 g/mol. The first-order valence-electron chi connectivity index (χ1n) is 11.1. The van der Waals surface area contributed by atoms with E-state index in [0.717, 1.165) is 26.9 Å². The van der Waals surface area contributed by atoms with Gasteiger partial charge in [-0.25, -0.2) is 9.67 Å². The van der Waals surface area contributed by atoms with E-state index < -0.39 is 0 Å². The third-order valence-corrected chi connectivity index (χ3v) is 7.11. The molecule has 0 aliphatic heterocycles. The molecule has 6 nitrogen and oxygen atoms in total. The first kappa shape index (κ1) is 22.0. The molecule has 0 N–H and O–H groups in total. The number of carbonyl (C=O) groups is 1. The third-order valence-electron chi connectivity index (χ3n) is 5.88. The summed E-state index contributed by atoms with van der Waals surface area (Å²) in [4.78, 5) is 32.8. The molecular formula is C27H24N4O2S. The molecule has 0 radical (unpaired) electrons. The smallest absolute Gasteiger partial charge is 0.274 e. The minimum atomic E-state index is -0.176. The summed E-state index contributed by atoms with van der Waals surface area (Å²) in [6.07, 6.45) is 0.0649. The highest BCUT2D eigenvalue weighted by molar-refractivity contribution is 7.22. The van der Waals surface area contributed by atoms with Crippen molar-refractivity contribution in [3.8, 4) is 0 Å². The van der Waals surface area contributed by atoms with Crippen molar-refractivity contribution in [2.45, 2.75) is 26.8 Å². The number of hydrogen-bond acceptors (Lipinski definition) is 5. The van der Waals surface area contributed by atoms with Gasteiger partial charge in [0, 0.05) is 12.4 Å². The number of carbonyl (C=O) groups excluding carboxylic acids is 1. The fourth-order valence-electron chi connectivity index (χ4n) is 4.25. The fourth-order valence-corrected chi connectivity index (χ4v) is 5.29. The molecule has 7 heteroatoms. The monoisotopic (exact) mass is 468 g/mol. The Morgan fingerprint density at radius 2 is 1.71 bits per heavy atom. The Balaban J connectivity index is 1.58. The average Bonchev–Trinajstić information content (AvgIpc) is 3.25. The van der Waals surface area contributed by atoms with Gasteiger partial charge in [0.1, 0.15) is 0 Å². The number of nitrogens with zero attached hydrogens (tertiary/aromatic N) is 4. The molecule has 0 fully saturated rings. The molecule has 2 aromatic heterocycles. The molecule has 0 aliphatic rings. The van der Waals surface area contributed by atoms with Crippen molar-refractivity contribution in [1.82, 2.24) is 14.8 Å². The number of thiazole rings is 1. The van der Waals surface area contributed by atoms with Crippen LogP contribution in [0.2, 0.25) is 0 Å². The largest absolute Gasteiger partial charge is 0.283 e. The van der Waals surface area contributed by atoms with Crippen LogP contribution in [0.25, 0.3) is 21.0 Å². The number of hydrogen-bond donors (Lipinski definition) is 0. The van der Waals surface area contributed by atoms with Gasteiger partial charge in [0.2, 0.25) is 5.91 Å². The van der Waals surface area contributed by atoms with Gasteiger partial charge in [-0.1, -0.05) is 65.9 Å². The Bertz CT molecular complexity index is 1590. The predicted octanol–water partition coefficient (Wildman–Crippen LogP) is 4.94. The molecule has 5 aromatic rings. The second-order valence-electron chi connectivity index (χ2n) is 8.49. The van der Waals surface area contributed by atoms with Crippen LogP contribution >= 0.6 is 11.3 Å². The van der Waals surface area contributed by atoms with Gasteiger partial charge in [-0.2, -0.15) is 5.10 Å². The van der Waals surface area contributed by atoms with Gasteiger partial charge in [-0.05, 0) is 42.7 Å². The average molecular weight is 469 g/mol. The summed E-state index contributed by atoms with van der Waals surface area (Å²) < 4.78 is 2.38. The van der Waals surface area contributed by atoms with Crippen molar-refractivity contribution in [2.75, 3.05) is 4.90 Å². The Morgan fingerprint density at radius 3 is 2.47 bits per heavy atom. The molecule has 0 saturated heterocycles. The molecule has 170 valence electrons. The summed E-state index contributed by atoms with van der Waals surface area (Å²) in [7, 11) is 1.61. The fraction of sp³-hybridized carbons (Fsp3) is 0.185. The van der Waals surface area contributed by atoms with Crippen LogP contribution in [0.15, 0.2) is 71.5 Å². The number of rotatable bonds is 5. The Hall–Kier alpha value is -3.84. The van der Waals surface area contributed by atoms with Crippen LogP contribution in [0, 0.1) is 13.8 Å². The van der Waals surface area contributed by atoms with Gasteiger partial charge in [0.05, 0.1) is 34.3 Å². The lowest BCUT2D eigenvalue weighted by Crippen LogP contribution is -2.33. The molecule has 0 unspecified atom stereocenters. The third kappa shape index (κ3) is 4.10. The first-order chi connectivity index (χ1) is 16.4. The van der Waals surface area contributed by atoms with Crippen molar-refractivity contribution in [1.29, 1.82) is 0 Å². The van der Waals surface area contributed by atoms with E-state index in [2.05, 4.69) is 31.1 Å². The van der Waals surface area contributed by atoms with Gasteiger partial charge in [-0.3, -0.25) is 14.5 Å². The van der Waals surface area contributed by atoms with Gasteiger partial charge in [0.15, 0.2) is 5.13 Å². The van der Waals surface area contributed by atoms with E-state index in [1.807, 2.05) is 48.5 Å². The molecule has 0 bridgehead atoms. The zero-order valence-electron chi connectivity index (χ0n) is 19.3. The molecule has 0 saturated carbocycles. The van der Waals surface area contributed by atoms with Gasteiger partial charge in [-0.15, -0.1) is 0 Å². The van der Waals surface area contributed by atoms with Crippen molar-refractivity contribution in [3.05, 3.63) is 99.5 Å². The summed E-state index contributed by atoms with van der Waals surface area (Å²) in [5.41, 5.74) is 4.61. The lowest BCUT2D eigenvalue weighted by molar-refractivity contribution is -0.118. The Kier molecular flexibility index (Phi) is 5.71. The van der Waals surface area contributed by atoms with Gasteiger partial charge in [0.25, 0.3) is 5.56 Å². The number of aryl methyl sites for hydroxylation is 3. The maximum absolute atomic E-state index is 13.8. The maximum Gasteiger partial charge on any atom is 0.274 e. The summed E-state index contributed by atoms with van der Waals surface area (Å²) in [5.74, 6) is -0.117. The highest BCUT2D eigenvalue weighted by Gasteiger charge is 2.23. The summed E-state index contributed by atoms with van der Waals surface area (Å²) in [5, 5.41) is 6.35. The SMILES string of the molecule is Cc1cc(C)c2sc(N(Cc3ccccc3)C(=O)Cc3nn(C)c(=O)c4ccccc34)nc2c1. The van der Waals surface area contributed by atoms with Crippen LogP contribution in [-0.4, -0.2) is 20.7 Å². The number of anilines is 1. The molecule has 2 heterocycles. The van der Waals surface area contributed by atoms with E-state index in [1.165, 1.54) is 16.0 Å². The first-order valence-corrected chi connectivity index (χ1v) is 11.9. The number of fused-ring (bicyclic) bond motifs is 2. The normalized spacial score (nSPS) is 11.3. The lowest BCUT2D eigenvalue weighted by Gasteiger charge is -2.20. The summed E-state index contributed by atoms with van der Waals surface area (Å²) in [6, 6.07) is 21.4. The van der Waals surface area contributed by atoms with E-state index in [0.29, 0.717) is 28.1 Å². The zero-order valence-corrected chi connectivity index (χ0v) is 20.1. The summed E-state index contributed by atoms with van der Waals surface area (Å²) >= 11 is 1.53. The van der Waals surface area contributed by atoms with Crippen molar-refractivity contribution < 1.29 is 4.79 Å². The Morgan fingerprint density at radius 1 is 1.00 bits per heavy atom. The van der Waals surface area contributed by atoms with Crippen LogP contribution in [0.5, 0.6) is 0 Å². The number of benzene rings is 3.